The summed E-state index contributed by atoms with van der Waals surface area (Å²) in [4.78, 5) is 21.1. The second kappa shape index (κ2) is 7.06. The highest BCUT2D eigenvalue weighted by Crippen LogP contribution is 2.30. The first-order valence-corrected chi connectivity index (χ1v) is 8.01. The topological polar surface area (TPSA) is 101 Å². The van der Waals surface area contributed by atoms with Crippen LogP contribution in [0.2, 0.25) is 0 Å². The van der Waals surface area contributed by atoms with Crippen LogP contribution in [-0.2, 0) is 0 Å². The molecule has 8 heteroatoms. The number of thiazole rings is 1. The van der Waals surface area contributed by atoms with Crippen molar-refractivity contribution in [3.8, 4) is 0 Å². The van der Waals surface area contributed by atoms with Gasteiger partial charge in [-0.2, -0.15) is 0 Å². The van der Waals surface area contributed by atoms with E-state index in [9.17, 15) is 4.79 Å². The molecule has 0 aromatic carbocycles. The summed E-state index contributed by atoms with van der Waals surface area (Å²) >= 11 is 1.36. The van der Waals surface area contributed by atoms with Crippen molar-refractivity contribution < 1.29 is 4.79 Å². The van der Waals surface area contributed by atoms with E-state index in [2.05, 4.69) is 15.2 Å². The first kappa shape index (κ1) is 16.0. The minimum atomic E-state index is -0.0594. The number of anilines is 2. The fraction of sp³-hybridized carbons (Fsp3) is 0.692. The molecule has 118 valence electrons. The number of hydrogen-bond donors (Lipinski definition) is 3. The molecule has 1 amide bonds. The molecule has 0 bridgehead atoms. The second-order valence-corrected chi connectivity index (χ2v) is 6.37. The van der Waals surface area contributed by atoms with Gasteiger partial charge in [0.15, 0.2) is 5.13 Å². The predicted molar refractivity (Wildman–Crippen MR) is 86.8 cm³/mol. The summed E-state index contributed by atoms with van der Waals surface area (Å²) in [5.74, 6) is 0.261. The number of carbonyl (C=O) groups is 1. The molecule has 1 fully saturated rings. The van der Waals surface area contributed by atoms with E-state index in [1.165, 1.54) is 11.3 Å². The molecule has 1 aromatic heterocycles. The lowest BCUT2D eigenvalue weighted by Gasteiger charge is -2.16. The minimum Gasteiger partial charge on any atom is -0.382 e. The van der Waals surface area contributed by atoms with Crippen LogP contribution in [-0.4, -0.2) is 62.1 Å². The maximum atomic E-state index is 12.4. The van der Waals surface area contributed by atoms with Gasteiger partial charge < -0.3 is 26.6 Å². The molecule has 5 N–H and O–H groups in total. The average molecular weight is 312 g/mol. The molecule has 1 aromatic rings. The molecular weight excluding hydrogens is 288 g/mol. The molecule has 2 heterocycles. The number of nitrogens with one attached hydrogen (secondary N) is 1. The van der Waals surface area contributed by atoms with Gasteiger partial charge in [-0.05, 0) is 26.4 Å². The Bertz CT molecular complexity index is 491. The van der Waals surface area contributed by atoms with E-state index >= 15 is 0 Å². The fourth-order valence-electron chi connectivity index (χ4n) is 2.34. The number of hydrogen-bond acceptors (Lipinski definition) is 7. The maximum absolute atomic E-state index is 12.4. The summed E-state index contributed by atoms with van der Waals surface area (Å²) in [6, 6.07) is 0.179. The van der Waals surface area contributed by atoms with Gasteiger partial charge in [-0.25, -0.2) is 4.98 Å². The number of rotatable bonds is 6. The van der Waals surface area contributed by atoms with Crippen LogP contribution in [0.15, 0.2) is 0 Å². The number of nitrogens with two attached hydrogens (primary N) is 2. The molecule has 7 nitrogen and oxygen atoms in total. The van der Waals surface area contributed by atoms with Gasteiger partial charge in [0, 0.05) is 32.7 Å². The Balaban J connectivity index is 2.02. The lowest BCUT2D eigenvalue weighted by molar-refractivity contribution is 0.0799. The van der Waals surface area contributed by atoms with Crippen LogP contribution in [0.25, 0.3) is 0 Å². The Morgan fingerprint density at radius 3 is 3.00 bits per heavy atom. The number of amides is 1. The molecule has 1 atom stereocenters. The van der Waals surface area contributed by atoms with Crippen molar-refractivity contribution >= 4 is 28.2 Å². The lowest BCUT2D eigenvalue weighted by atomic mass is 10.3. The van der Waals surface area contributed by atoms with Gasteiger partial charge in [0.05, 0.1) is 0 Å². The third kappa shape index (κ3) is 3.84. The smallest absolute Gasteiger partial charge is 0.267 e. The third-order valence-corrected chi connectivity index (χ3v) is 4.72. The lowest BCUT2D eigenvalue weighted by Crippen LogP contribution is -2.29. The Morgan fingerprint density at radius 2 is 2.38 bits per heavy atom. The highest BCUT2D eigenvalue weighted by Gasteiger charge is 2.25. The van der Waals surface area contributed by atoms with Crippen molar-refractivity contribution in [2.24, 2.45) is 5.73 Å². The largest absolute Gasteiger partial charge is 0.382 e. The van der Waals surface area contributed by atoms with Crippen molar-refractivity contribution in [1.82, 2.24) is 15.2 Å². The van der Waals surface area contributed by atoms with E-state index < -0.39 is 0 Å². The molecule has 1 aliphatic rings. The van der Waals surface area contributed by atoms with Crippen LogP contribution in [0.5, 0.6) is 0 Å². The normalized spacial score (nSPS) is 18.2. The van der Waals surface area contributed by atoms with Crippen LogP contribution >= 0.6 is 11.3 Å². The van der Waals surface area contributed by atoms with Crippen molar-refractivity contribution in [3.05, 3.63) is 4.88 Å². The first-order chi connectivity index (χ1) is 10.0. The molecule has 1 unspecified atom stereocenters. The number of aromatic nitrogens is 1. The van der Waals surface area contributed by atoms with Gasteiger partial charge in [0.2, 0.25) is 0 Å². The van der Waals surface area contributed by atoms with Gasteiger partial charge in [-0.1, -0.05) is 11.3 Å². The van der Waals surface area contributed by atoms with Crippen molar-refractivity contribution in [3.63, 3.8) is 0 Å². The van der Waals surface area contributed by atoms with Gasteiger partial charge >= 0.3 is 0 Å². The van der Waals surface area contributed by atoms with E-state index in [4.69, 9.17) is 11.5 Å². The Morgan fingerprint density at radius 1 is 1.62 bits per heavy atom. The molecule has 0 radical (unpaired) electrons. The number of carbonyl (C=O) groups excluding carboxylic acids is 1. The SMILES string of the molecule is CNCCCN(C)C(=O)c1sc(N2CCC(N)C2)nc1N. The fourth-order valence-corrected chi connectivity index (χ4v) is 3.35. The van der Waals surface area contributed by atoms with Gasteiger partial charge in [-0.3, -0.25) is 4.79 Å². The maximum Gasteiger partial charge on any atom is 0.267 e. The Kier molecular flexibility index (Phi) is 5.38. The van der Waals surface area contributed by atoms with E-state index in [1.54, 1.807) is 11.9 Å². The van der Waals surface area contributed by atoms with Crippen LogP contribution in [0.4, 0.5) is 10.9 Å². The monoisotopic (exact) mass is 312 g/mol. The quantitative estimate of drug-likeness (QED) is 0.637. The minimum absolute atomic E-state index is 0.0594. The standard InChI is InChI=1S/C13H24N6OS/c1-16-5-3-6-18(2)12(20)10-11(15)17-13(21-10)19-7-4-9(14)8-19/h9,16H,3-8,14-15H2,1-2H3. The van der Waals surface area contributed by atoms with Crippen LogP contribution < -0.4 is 21.7 Å². The highest BCUT2D eigenvalue weighted by molar-refractivity contribution is 7.18. The summed E-state index contributed by atoms with van der Waals surface area (Å²) in [5.41, 5.74) is 11.8. The molecule has 2 rings (SSSR count). The van der Waals surface area contributed by atoms with E-state index in [0.29, 0.717) is 17.2 Å². The summed E-state index contributed by atoms with van der Waals surface area (Å²) in [5, 5.41) is 3.87. The Hall–Kier alpha value is -1.38. The summed E-state index contributed by atoms with van der Waals surface area (Å²) < 4.78 is 0. The highest BCUT2D eigenvalue weighted by atomic mass is 32.1. The van der Waals surface area contributed by atoms with Crippen molar-refractivity contribution in [2.75, 3.05) is 50.9 Å². The van der Waals surface area contributed by atoms with Crippen molar-refractivity contribution in [1.29, 1.82) is 0 Å². The molecule has 0 saturated carbocycles. The summed E-state index contributed by atoms with van der Waals surface area (Å²) in [6.07, 6.45) is 1.86. The van der Waals surface area contributed by atoms with Gasteiger partial charge in [-0.15, -0.1) is 0 Å². The molecule has 1 aliphatic heterocycles. The molecule has 0 aliphatic carbocycles. The molecule has 21 heavy (non-hydrogen) atoms. The number of nitrogens with zero attached hydrogens (tertiary/aromatic N) is 3. The van der Waals surface area contributed by atoms with Crippen LogP contribution in [0.1, 0.15) is 22.5 Å². The van der Waals surface area contributed by atoms with Crippen LogP contribution in [0, 0.1) is 0 Å². The summed E-state index contributed by atoms with van der Waals surface area (Å²) in [7, 11) is 3.69. The van der Waals surface area contributed by atoms with Gasteiger partial charge in [0.1, 0.15) is 10.7 Å². The van der Waals surface area contributed by atoms with Crippen molar-refractivity contribution in [2.45, 2.75) is 18.9 Å². The average Bonchev–Trinajstić information content (AvgIpc) is 3.04. The number of nitrogen functional groups attached to an aromatic ring is 1. The molecule has 0 spiro atoms. The second-order valence-electron chi connectivity index (χ2n) is 5.39. The zero-order valence-corrected chi connectivity index (χ0v) is 13.4. The molecular formula is C13H24N6OS. The Labute approximate surface area is 129 Å². The van der Waals surface area contributed by atoms with Gasteiger partial charge in [0.25, 0.3) is 5.91 Å². The molecule has 1 saturated heterocycles. The van der Waals surface area contributed by atoms with E-state index in [-0.39, 0.29) is 11.9 Å². The predicted octanol–water partition coefficient (Wildman–Crippen LogP) is -0.0558. The van der Waals surface area contributed by atoms with Crippen LogP contribution in [0.3, 0.4) is 0 Å². The van der Waals surface area contributed by atoms with E-state index in [0.717, 1.165) is 37.6 Å². The van der Waals surface area contributed by atoms with E-state index in [1.807, 2.05) is 7.05 Å². The zero-order valence-electron chi connectivity index (χ0n) is 12.6. The third-order valence-electron chi connectivity index (χ3n) is 3.60. The first-order valence-electron chi connectivity index (χ1n) is 7.19. The zero-order chi connectivity index (χ0) is 15.4. The summed E-state index contributed by atoms with van der Waals surface area (Å²) in [6.45, 7) is 3.23.